The van der Waals surface area contributed by atoms with Gasteiger partial charge in [0.05, 0.1) is 0 Å². The van der Waals surface area contributed by atoms with Crippen molar-refractivity contribution in [2.75, 3.05) is 19.6 Å². The first-order chi connectivity index (χ1) is 12.2. The zero-order valence-electron chi connectivity index (χ0n) is 15.8. The Balaban J connectivity index is 0.00000243. The minimum Gasteiger partial charge on any atom is -0.342 e. The van der Waals surface area contributed by atoms with Crippen molar-refractivity contribution in [1.29, 1.82) is 0 Å². The maximum atomic E-state index is 12.7. The predicted molar refractivity (Wildman–Crippen MR) is 105 cm³/mol. The van der Waals surface area contributed by atoms with Crippen molar-refractivity contribution in [2.24, 2.45) is 17.6 Å². The van der Waals surface area contributed by atoms with E-state index in [2.05, 4.69) is 10.6 Å². The molecule has 7 heteroatoms. The number of rotatable bonds is 4. The fourth-order valence-corrected chi connectivity index (χ4v) is 4.78. The van der Waals surface area contributed by atoms with Crippen LogP contribution in [0.25, 0.3) is 0 Å². The van der Waals surface area contributed by atoms with E-state index >= 15 is 0 Å². The van der Waals surface area contributed by atoms with Crippen LogP contribution in [0.3, 0.4) is 0 Å². The Morgan fingerprint density at radius 1 is 0.846 bits per heavy atom. The molecule has 3 rings (SSSR count). The third-order valence-corrected chi connectivity index (χ3v) is 6.36. The molecule has 26 heavy (non-hydrogen) atoms. The van der Waals surface area contributed by atoms with E-state index < -0.39 is 0 Å². The van der Waals surface area contributed by atoms with Gasteiger partial charge in [0.15, 0.2) is 0 Å². The summed E-state index contributed by atoms with van der Waals surface area (Å²) in [6.07, 6.45) is 10.8. The summed E-state index contributed by atoms with van der Waals surface area (Å²) >= 11 is 0. The standard InChI is InChI=1S/C19H34N4O2.ClH/c20-13-14-5-4-8-17(14)18(24)23-11-9-16(10-12-23)22-19(25)21-15-6-2-1-3-7-15;/h14-17H,1-13,20H2,(H2,21,22,25);1H/t14-,17-;/m1./s1. The molecule has 3 aliphatic rings. The van der Waals surface area contributed by atoms with Crippen molar-refractivity contribution in [3.8, 4) is 0 Å². The van der Waals surface area contributed by atoms with E-state index in [-0.39, 0.29) is 36.3 Å². The SMILES string of the molecule is Cl.NC[C@H]1CCC[C@H]1C(=O)N1CCC(NC(=O)NC2CCCCC2)CC1. The van der Waals surface area contributed by atoms with Crippen LogP contribution in [-0.2, 0) is 4.79 Å². The highest BCUT2D eigenvalue weighted by Gasteiger charge is 2.36. The summed E-state index contributed by atoms with van der Waals surface area (Å²) in [5.74, 6) is 0.784. The number of nitrogens with one attached hydrogen (secondary N) is 2. The average Bonchev–Trinajstić information content (AvgIpc) is 3.11. The van der Waals surface area contributed by atoms with Gasteiger partial charge >= 0.3 is 6.03 Å². The van der Waals surface area contributed by atoms with E-state index in [1.54, 1.807) is 0 Å². The number of halogens is 1. The number of piperidine rings is 1. The number of amides is 3. The summed E-state index contributed by atoms with van der Waals surface area (Å²) in [6.45, 7) is 2.12. The molecule has 2 aliphatic carbocycles. The number of carbonyl (C=O) groups excluding carboxylic acids is 2. The number of urea groups is 1. The summed E-state index contributed by atoms with van der Waals surface area (Å²) in [6, 6.07) is 0.489. The molecule has 4 N–H and O–H groups in total. The molecule has 3 amide bonds. The predicted octanol–water partition coefficient (Wildman–Crippen LogP) is 2.41. The lowest BCUT2D eigenvalue weighted by atomic mass is 9.93. The molecule has 2 saturated carbocycles. The monoisotopic (exact) mass is 386 g/mol. The van der Waals surface area contributed by atoms with Gasteiger partial charge in [-0.1, -0.05) is 25.7 Å². The molecule has 0 unspecified atom stereocenters. The first-order valence-electron chi connectivity index (χ1n) is 10.2. The fraction of sp³-hybridized carbons (Fsp3) is 0.895. The van der Waals surface area contributed by atoms with Crippen LogP contribution in [0.5, 0.6) is 0 Å². The highest BCUT2D eigenvalue weighted by atomic mass is 35.5. The number of likely N-dealkylation sites (tertiary alicyclic amines) is 1. The average molecular weight is 387 g/mol. The Kier molecular flexibility index (Phi) is 8.48. The number of nitrogens with two attached hydrogens (primary N) is 1. The summed E-state index contributed by atoms with van der Waals surface area (Å²) in [5, 5.41) is 6.22. The highest BCUT2D eigenvalue weighted by molar-refractivity contribution is 5.85. The van der Waals surface area contributed by atoms with E-state index in [0.717, 1.165) is 58.0 Å². The van der Waals surface area contributed by atoms with E-state index in [0.29, 0.717) is 18.5 Å². The lowest BCUT2D eigenvalue weighted by molar-refractivity contribution is -0.137. The molecular formula is C19H35ClN4O2. The summed E-state index contributed by atoms with van der Waals surface area (Å²) < 4.78 is 0. The zero-order chi connectivity index (χ0) is 17.6. The molecule has 1 saturated heterocycles. The van der Waals surface area contributed by atoms with Gasteiger partial charge in [0.1, 0.15) is 0 Å². The lowest BCUT2D eigenvalue weighted by Gasteiger charge is -2.35. The Morgan fingerprint density at radius 3 is 2.08 bits per heavy atom. The van der Waals surface area contributed by atoms with Crippen molar-refractivity contribution in [2.45, 2.75) is 76.3 Å². The molecule has 1 aliphatic heterocycles. The van der Waals surface area contributed by atoms with Crippen LogP contribution in [0.1, 0.15) is 64.2 Å². The third-order valence-electron chi connectivity index (χ3n) is 6.36. The van der Waals surface area contributed by atoms with Gasteiger partial charge in [0, 0.05) is 31.1 Å². The molecule has 3 fully saturated rings. The third kappa shape index (κ3) is 5.49. The van der Waals surface area contributed by atoms with Crippen LogP contribution in [0.2, 0.25) is 0 Å². The molecule has 0 bridgehead atoms. The zero-order valence-corrected chi connectivity index (χ0v) is 16.6. The van der Waals surface area contributed by atoms with Crippen LogP contribution >= 0.6 is 12.4 Å². The highest BCUT2D eigenvalue weighted by Crippen LogP contribution is 2.33. The minimum atomic E-state index is -0.0318. The second-order valence-corrected chi connectivity index (χ2v) is 8.09. The molecule has 0 radical (unpaired) electrons. The van der Waals surface area contributed by atoms with Crippen LogP contribution in [0.15, 0.2) is 0 Å². The Hall–Kier alpha value is -1.01. The Bertz CT molecular complexity index is 462. The van der Waals surface area contributed by atoms with Crippen molar-refractivity contribution in [3.05, 3.63) is 0 Å². The van der Waals surface area contributed by atoms with Crippen LogP contribution in [0.4, 0.5) is 4.79 Å². The number of nitrogens with zero attached hydrogens (tertiary/aromatic N) is 1. The van der Waals surface area contributed by atoms with Crippen LogP contribution < -0.4 is 16.4 Å². The summed E-state index contributed by atoms with van der Waals surface area (Å²) in [5.41, 5.74) is 5.82. The first kappa shape index (κ1) is 21.3. The molecule has 0 aromatic heterocycles. The van der Waals surface area contributed by atoms with Gasteiger partial charge in [0.25, 0.3) is 0 Å². The molecule has 150 valence electrons. The van der Waals surface area contributed by atoms with Gasteiger partial charge in [-0.25, -0.2) is 4.79 Å². The lowest BCUT2D eigenvalue weighted by Crippen LogP contribution is -2.52. The molecule has 0 aromatic carbocycles. The van der Waals surface area contributed by atoms with Crippen molar-refractivity contribution in [1.82, 2.24) is 15.5 Å². The Labute approximate surface area is 163 Å². The van der Waals surface area contributed by atoms with Gasteiger partial charge in [-0.3, -0.25) is 4.79 Å². The molecule has 6 nitrogen and oxygen atoms in total. The van der Waals surface area contributed by atoms with Gasteiger partial charge in [-0.15, -0.1) is 12.4 Å². The first-order valence-corrected chi connectivity index (χ1v) is 10.2. The van der Waals surface area contributed by atoms with Crippen molar-refractivity contribution in [3.63, 3.8) is 0 Å². The molecule has 0 aromatic rings. The van der Waals surface area contributed by atoms with Gasteiger partial charge in [0.2, 0.25) is 5.91 Å². The smallest absolute Gasteiger partial charge is 0.315 e. The van der Waals surface area contributed by atoms with Crippen LogP contribution in [0, 0.1) is 11.8 Å². The van der Waals surface area contributed by atoms with Gasteiger partial charge < -0.3 is 21.3 Å². The van der Waals surface area contributed by atoms with Crippen molar-refractivity contribution >= 4 is 24.3 Å². The quantitative estimate of drug-likeness (QED) is 0.693. The second-order valence-electron chi connectivity index (χ2n) is 8.09. The largest absolute Gasteiger partial charge is 0.342 e. The summed E-state index contributed by atoms with van der Waals surface area (Å²) in [7, 11) is 0. The van der Waals surface area contributed by atoms with E-state index in [1.165, 1.54) is 19.3 Å². The summed E-state index contributed by atoms with van der Waals surface area (Å²) in [4.78, 5) is 26.9. The maximum Gasteiger partial charge on any atom is 0.315 e. The van der Waals surface area contributed by atoms with E-state index in [4.69, 9.17) is 5.73 Å². The number of hydrogen-bond acceptors (Lipinski definition) is 3. The molecule has 0 spiro atoms. The molecular weight excluding hydrogens is 352 g/mol. The molecule has 2 atom stereocenters. The normalized spacial score (nSPS) is 27.7. The molecule has 1 heterocycles. The number of carbonyl (C=O) groups is 2. The fourth-order valence-electron chi connectivity index (χ4n) is 4.78. The van der Waals surface area contributed by atoms with Gasteiger partial charge in [-0.2, -0.15) is 0 Å². The van der Waals surface area contributed by atoms with E-state index in [9.17, 15) is 9.59 Å². The number of hydrogen-bond donors (Lipinski definition) is 3. The Morgan fingerprint density at radius 2 is 1.46 bits per heavy atom. The maximum absolute atomic E-state index is 12.7. The van der Waals surface area contributed by atoms with Crippen LogP contribution in [-0.4, -0.2) is 48.6 Å². The van der Waals surface area contributed by atoms with E-state index in [1.807, 2.05) is 4.90 Å². The van der Waals surface area contributed by atoms with Crippen molar-refractivity contribution < 1.29 is 9.59 Å². The topological polar surface area (TPSA) is 87.5 Å². The second kappa shape index (κ2) is 10.4. The minimum absolute atomic E-state index is 0. The van der Waals surface area contributed by atoms with Gasteiger partial charge in [-0.05, 0) is 51.0 Å².